The van der Waals surface area contributed by atoms with Gasteiger partial charge in [-0.2, -0.15) is 0 Å². The second-order valence-electron chi connectivity index (χ2n) is 10.9. The number of hydrogen-bond donors (Lipinski definition) is 2. The first kappa shape index (κ1) is 29.9. The fourth-order valence-corrected chi connectivity index (χ4v) is 6.10. The van der Waals surface area contributed by atoms with Crippen LogP contribution in [0.3, 0.4) is 0 Å². The van der Waals surface area contributed by atoms with Crippen molar-refractivity contribution in [3.8, 4) is 0 Å². The van der Waals surface area contributed by atoms with Crippen molar-refractivity contribution in [3.05, 3.63) is 156 Å². The summed E-state index contributed by atoms with van der Waals surface area (Å²) in [4.78, 5) is 30.8. The predicted molar refractivity (Wildman–Crippen MR) is 186 cm³/mol. The molecule has 1 fully saturated rings. The van der Waals surface area contributed by atoms with E-state index in [9.17, 15) is 9.59 Å². The lowest BCUT2D eigenvalue weighted by Gasteiger charge is -2.40. The summed E-state index contributed by atoms with van der Waals surface area (Å²) < 4.78 is 0. The quantitative estimate of drug-likeness (QED) is 0.155. The molecule has 2 amide bonds. The molecule has 224 valence electrons. The SMILES string of the molecule is O=C(C=Cc1cccc2ccccc12)NC(=S)Nc1ccccc1C(=O)N1CCN(C(c2ccccc2)c2ccccc2)CC1. The predicted octanol–water partition coefficient (Wildman–Crippen LogP) is 6.91. The summed E-state index contributed by atoms with van der Waals surface area (Å²) in [5.41, 5.74) is 4.48. The van der Waals surface area contributed by atoms with Gasteiger partial charge in [-0.3, -0.25) is 19.8 Å². The van der Waals surface area contributed by atoms with Gasteiger partial charge >= 0.3 is 0 Å². The molecule has 1 aliphatic heterocycles. The minimum absolute atomic E-state index is 0.0706. The van der Waals surface area contributed by atoms with E-state index >= 15 is 0 Å². The van der Waals surface area contributed by atoms with Crippen LogP contribution in [0.15, 0.2) is 133 Å². The van der Waals surface area contributed by atoms with Gasteiger partial charge in [-0.1, -0.05) is 115 Å². The van der Waals surface area contributed by atoms with Crippen molar-refractivity contribution in [3.63, 3.8) is 0 Å². The molecule has 0 radical (unpaired) electrons. The summed E-state index contributed by atoms with van der Waals surface area (Å²) in [6.45, 7) is 2.69. The number of nitrogens with one attached hydrogen (secondary N) is 2. The lowest BCUT2D eigenvalue weighted by Crippen LogP contribution is -2.50. The summed E-state index contributed by atoms with van der Waals surface area (Å²) in [6.07, 6.45) is 3.24. The van der Waals surface area contributed by atoms with E-state index in [-0.39, 0.29) is 23.0 Å². The molecule has 45 heavy (non-hydrogen) atoms. The summed E-state index contributed by atoms with van der Waals surface area (Å²) in [5.74, 6) is -0.426. The number of benzene rings is 5. The van der Waals surface area contributed by atoms with Gasteiger partial charge in [0.05, 0.1) is 17.3 Å². The maximum atomic E-state index is 13.7. The van der Waals surface area contributed by atoms with E-state index < -0.39 is 0 Å². The fraction of sp³-hybridized carbons (Fsp3) is 0.132. The monoisotopic (exact) mass is 610 g/mol. The molecule has 0 spiro atoms. The second-order valence-corrected chi connectivity index (χ2v) is 11.4. The van der Waals surface area contributed by atoms with Crippen LogP contribution in [0.4, 0.5) is 5.69 Å². The van der Waals surface area contributed by atoms with Gasteiger partial charge in [0.1, 0.15) is 0 Å². The number of thiocarbonyl (C=S) groups is 1. The Bertz CT molecular complexity index is 1790. The molecule has 1 aliphatic rings. The van der Waals surface area contributed by atoms with E-state index in [0.717, 1.165) is 29.4 Å². The highest BCUT2D eigenvalue weighted by atomic mass is 32.1. The number of nitrogens with zero attached hydrogens (tertiary/aromatic N) is 2. The van der Waals surface area contributed by atoms with Crippen molar-refractivity contribution in [1.29, 1.82) is 0 Å². The van der Waals surface area contributed by atoms with E-state index in [1.54, 1.807) is 18.2 Å². The topological polar surface area (TPSA) is 64.7 Å². The Morgan fingerprint density at radius 2 is 1.29 bits per heavy atom. The van der Waals surface area contributed by atoms with Crippen molar-refractivity contribution in [2.45, 2.75) is 6.04 Å². The molecule has 0 unspecified atom stereocenters. The lowest BCUT2D eigenvalue weighted by atomic mass is 9.96. The van der Waals surface area contributed by atoms with Crippen molar-refractivity contribution < 1.29 is 9.59 Å². The van der Waals surface area contributed by atoms with Crippen LogP contribution in [0.1, 0.15) is 33.1 Å². The third-order valence-corrected chi connectivity index (χ3v) is 8.28. The van der Waals surface area contributed by atoms with Crippen LogP contribution < -0.4 is 10.6 Å². The Hall–Kier alpha value is -5.11. The average molecular weight is 611 g/mol. The second kappa shape index (κ2) is 14.1. The van der Waals surface area contributed by atoms with Gasteiger partial charge in [0.15, 0.2) is 5.11 Å². The standard InChI is InChI=1S/C38H34N4O2S/c43-35(23-22-29-18-11-17-28-12-7-8-19-32(28)29)40-38(45)39-34-21-10-9-20-33(34)37(44)42-26-24-41(25-27-42)36(30-13-3-1-4-14-30)31-15-5-2-6-16-31/h1-23,36H,24-27H2,(H2,39,40,43,45). The number of anilines is 1. The third-order valence-electron chi connectivity index (χ3n) is 8.08. The average Bonchev–Trinajstić information content (AvgIpc) is 3.08. The highest BCUT2D eigenvalue weighted by Gasteiger charge is 2.29. The van der Waals surface area contributed by atoms with Gasteiger partial charge < -0.3 is 10.2 Å². The molecule has 0 aliphatic carbocycles. The first-order chi connectivity index (χ1) is 22.1. The molecule has 0 bridgehead atoms. The number of amides is 2. The molecular weight excluding hydrogens is 577 g/mol. The first-order valence-electron chi connectivity index (χ1n) is 15.1. The van der Waals surface area contributed by atoms with Crippen LogP contribution in [0.2, 0.25) is 0 Å². The van der Waals surface area contributed by atoms with Gasteiger partial charge in [0.25, 0.3) is 5.91 Å². The Kier molecular flexibility index (Phi) is 9.39. The molecule has 6 rings (SSSR count). The van der Waals surface area contributed by atoms with Gasteiger partial charge in [-0.15, -0.1) is 0 Å². The van der Waals surface area contributed by atoms with Crippen molar-refractivity contribution >= 4 is 51.7 Å². The van der Waals surface area contributed by atoms with E-state index in [4.69, 9.17) is 12.2 Å². The molecule has 6 nitrogen and oxygen atoms in total. The van der Waals surface area contributed by atoms with E-state index in [1.807, 2.05) is 71.6 Å². The van der Waals surface area contributed by atoms with Crippen molar-refractivity contribution in [2.24, 2.45) is 0 Å². The summed E-state index contributed by atoms with van der Waals surface area (Å²) in [7, 11) is 0. The van der Waals surface area contributed by atoms with Crippen LogP contribution >= 0.6 is 12.2 Å². The molecule has 0 saturated carbocycles. The number of para-hydroxylation sites is 1. The number of hydrogen-bond acceptors (Lipinski definition) is 4. The smallest absolute Gasteiger partial charge is 0.256 e. The minimum Gasteiger partial charge on any atom is -0.336 e. The maximum Gasteiger partial charge on any atom is 0.256 e. The number of piperazine rings is 1. The fourth-order valence-electron chi connectivity index (χ4n) is 5.89. The van der Waals surface area contributed by atoms with E-state index in [1.165, 1.54) is 17.2 Å². The molecule has 1 heterocycles. The summed E-state index contributed by atoms with van der Waals surface area (Å²) >= 11 is 5.45. The number of rotatable bonds is 7. The Morgan fingerprint density at radius 1 is 0.689 bits per heavy atom. The highest BCUT2D eigenvalue weighted by Crippen LogP contribution is 2.30. The zero-order chi connectivity index (χ0) is 31.0. The Morgan fingerprint density at radius 3 is 2.00 bits per heavy atom. The molecule has 2 N–H and O–H groups in total. The van der Waals surface area contributed by atoms with Gasteiger partial charge in [-0.05, 0) is 57.9 Å². The van der Waals surface area contributed by atoms with Gasteiger partial charge in [0, 0.05) is 32.3 Å². The number of fused-ring (bicyclic) bond motifs is 1. The molecule has 5 aromatic carbocycles. The van der Waals surface area contributed by atoms with Crippen LogP contribution in [0.25, 0.3) is 16.8 Å². The molecule has 0 atom stereocenters. The largest absolute Gasteiger partial charge is 0.336 e. The van der Waals surface area contributed by atoms with Crippen LogP contribution in [0.5, 0.6) is 0 Å². The van der Waals surface area contributed by atoms with Crippen molar-refractivity contribution in [2.75, 3.05) is 31.5 Å². The molecule has 7 heteroatoms. The van der Waals surface area contributed by atoms with E-state index in [0.29, 0.717) is 24.3 Å². The minimum atomic E-state index is -0.355. The first-order valence-corrected chi connectivity index (χ1v) is 15.5. The summed E-state index contributed by atoms with van der Waals surface area (Å²) in [6, 6.07) is 42.4. The highest BCUT2D eigenvalue weighted by molar-refractivity contribution is 7.80. The van der Waals surface area contributed by atoms with Gasteiger partial charge in [-0.25, -0.2) is 0 Å². The number of carbonyl (C=O) groups is 2. The maximum absolute atomic E-state index is 13.7. The van der Waals surface area contributed by atoms with Crippen LogP contribution in [0, 0.1) is 0 Å². The van der Waals surface area contributed by atoms with Crippen LogP contribution in [-0.2, 0) is 4.79 Å². The zero-order valence-electron chi connectivity index (χ0n) is 24.8. The van der Waals surface area contributed by atoms with Gasteiger partial charge in [0.2, 0.25) is 5.91 Å². The van der Waals surface area contributed by atoms with Crippen LogP contribution in [-0.4, -0.2) is 52.9 Å². The molecular formula is C38H34N4O2S. The lowest BCUT2D eigenvalue weighted by molar-refractivity contribution is -0.115. The molecule has 5 aromatic rings. The number of carbonyl (C=O) groups excluding carboxylic acids is 2. The Balaban J connectivity index is 1.09. The van der Waals surface area contributed by atoms with E-state index in [2.05, 4.69) is 64.1 Å². The Labute approximate surface area is 269 Å². The molecule has 0 aromatic heterocycles. The normalized spacial score (nSPS) is 13.7. The molecule has 1 saturated heterocycles. The van der Waals surface area contributed by atoms with Crippen molar-refractivity contribution in [1.82, 2.24) is 15.1 Å². The zero-order valence-corrected chi connectivity index (χ0v) is 25.6. The third kappa shape index (κ3) is 7.17. The summed E-state index contributed by atoms with van der Waals surface area (Å²) in [5, 5.41) is 8.07.